The number of carbonyl (C=O) groups excluding carboxylic acids is 4. The lowest BCUT2D eigenvalue weighted by Gasteiger charge is -2.32. The van der Waals surface area contributed by atoms with Crippen LogP contribution >= 0.6 is 0 Å². The number of unbranched alkanes of at least 4 members (excludes halogenated alkanes) is 15. The zero-order valence-corrected chi connectivity index (χ0v) is 31.3. The van der Waals surface area contributed by atoms with Crippen LogP contribution < -0.4 is 10.6 Å². The Kier molecular flexibility index (Phi) is 17.9. The highest BCUT2D eigenvalue weighted by Gasteiger charge is 2.45. The first-order chi connectivity index (χ1) is 23.7. The van der Waals surface area contributed by atoms with E-state index in [0.717, 1.165) is 28.5 Å². The molecule has 0 aromatic heterocycles. The monoisotopic (exact) mass is 675 g/mol. The van der Waals surface area contributed by atoms with E-state index in [1.165, 1.54) is 89.9 Å². The number of nitrogens with one attached hydrogen (secondary N) is 2. The second-order valence-electron chi connectivity index (χ2n) is 14.5. The Morgan fingerprint density at radius 3 is 1.47 bits per heavy atom. The van der Waals surface area contributed by atoms with Gasteiger partial charge in [0, 0.05) is 6.54 Å². The Hall–Kier alpha value is -3.22. The van der Waals surface area contributed by atoms with E-state index in [1.54, 1.807) is 12.1 Å². The normalized spacial score (nSPS) is 15.2. The van der Waals surface area contributed by atoms with Crippen LogP contribution in [0.4, 0.5) is 0 Å². The van der Waals surface area contributed by atoms with Crippen LogP contribution in [0.2, 0.25) is 0 Å². The minimum atomic E-state index is -1.01. The molecular formula is C42H65N3O4. The van der Waals surface area contributed by atoms with Crippen LogP contribution in [0, 0.1) is 11.8 Å². The van der Waals surface area contributed by atoms with Gasteiger partial charge in [-0.3, -0.25) is 24.1 Å². The van der Waals surface area contributed by atoms with Crippen LogP contribution in [-0.4, -0.2) is 47.2 Å². The van der Waals surface area contributed by atoms with Crippen molar-refractivity contribution in [3.05, 3.63) is 47.5 Å². The van der Waals surface area contributed by atoms with Gasteiger partial charge in [-0.1, -0.05) is 168 Å². The van der Waals surface area contributed by atoms with Crippen LogP contribution in [0.5, 0.6) is 0 Å². The summed E-state index contributed by atoms with van der Waals surface area (Å²) in [5.74, 6) is -1.99. The Labute approximate surface area is 296 Å². The molecule has 1 heterocycles. The standard InChI is InChI=1S/C42H65N3O4/c1-6-9-10-11-12-13-14-15-16-17-18-19-20-21-22-25-28-43-39(46)37(31(4)7-2)44-40(47)38(32(5)8-3)45-41(48)35-29-33-26-23-24-27-34(33)30-36(35)42(45)49/h23-24,26-27,29-32,37-38H,6-22,25,28H2,1-5H3,(H,43,46)(H,44,47)/t31-,32-,37-,38-/m0/s1. The zero-order chi connectivity index (χ0) is 35.6. The zero-order valence-electron chi connectivity index (χ0n) is 31.3. The van der Waals surface area contributed by atoms with Gasteiger partial charge in [-0.2, -0.15) is 0 Å². The van der Waals surface area contributed by atoms with Gasteiger partial charge in [0.2, 0.25) is 11.8 Å². The first-order valence-electron chi connectivity index (χ1n) is 19.7. The molecule has 4 atom stereocenters. The van der Waals surface area contributed by atoms with E-state index in [-0.39, 0.29) is 17.7 Å². The predicted molar refractivity (Wildman–Crippen MR) is 202 cm³/mol. The summed E-state index contributed by atoms with van der Waals surface area (Å²) in [6.45, 7) is 10.6. The number of nitrogens with zero attached hydrogens (tertiary/aromatic N) is 1. The Morgan fingerprint density at radius 2 is 1.04 bits per heavy atom. The molecule has 0 spiro atoms. The Bertz CT molecular complexity index is 1290. The topological polar surface area (TPSA) is 95.6 Å². The molecule has 3 rings (SSSR count). The van der Waals surface area contributed by atoms with Gasteiger partial charge < -0.3 is 10.6 Å². The molecule has 7 nitrogen and oxygen atoms in total. The summed E-state index contributed by atoms with van der Waals surface area (Å²) < 4.78 is 0. The summed E-state index contributed by atoms with van der Waals surface area (Å²) in [5, 5.41) is 7.76. The number of amides is 4. The molecule has 0 saturated heterocycles. The molecule has 0 saturated carbocycles. The third-order valence-electron chi connectivity index (χ3n) is 10.6. The van der Waals surface area contributed by atoms with Crippen molar-refractivity contribution in [3.63, 3.8) is 0 Å². The molecule has 0 bridgehead atoms. The molecule has 0 unspecified atom stereocenters. The third kappa shape index (κ3) is 12.0. The summed E-state index contributed by atoms with van der Waals surface area (Å²) in [4.78, 5) is 55.8. The van der Waals surface area contributed by atoms with Crippen LogP contribution in [0.25, 0.3) is 10.8 Å². The first kappa shape index (κ1) is 40.2. The van der Waals surface area contributed by atoms with Gasteiger partial charge >= 0.3 is 0 Å². The lowest BCUT2D eigenvalue weighted by atomic mass is 9.94. The average Bonchev–Trinajstić information content (AvgIpc) is 3.34. The molecular weight excluding hydrogens is 610 g/mol. The first-order valence-corrected chi connectivity index (χ1v) is 19.7. The summed E-state index contributed by atoms with van der Waals surface area (Å²) in [6.07, 6.45) is 22.1. The summed E-state index contributed by atoms with van der Waals surface area (Å²) >= 11 is 0. The second-order valence-corrected chi connectivity index (χ2v) is 14.5. The van der Waals surface area contributed by atoms with Crippen LogP contribution in [0.1, 0.15) is 171 Å². The van der Waals surface area contributed by atoms with Gasteiger partial charge in [0.25, 0.3) is 11.8 Å². The van der Waals surface area contributed by atoms with Crippen molar-refractivity contribution in [2.45, 2.75) is 162 Å². The highest BCUT2D eigenvalue weighted by molar-refractivity contribution is 6.24. The molecule has 2 aromatic carbocycles. The van der Waals surface area contributed by atoms with Gasteiger partial charge in [0.1, 0.15) is 12.1 Å². The number of benzene rings is 2. The van der Waals surface area contributed by atoms with E-state index in [0.29, 0.717) is 30.5 Å². The fourth-order valence-corrected chi connectivity index (χ4v) is 6.99. The Balaban J connectivity index is 1.43. The summed E-state index contributed by atoms with van der Waals surface area (Å²) in [7, 11) is 0. The van der Waals surface area contributed by atoms with Crippen molar-refractivity contribution in [1.29, 1.82) is 0 Å². The molecule has 272 valence electrons. The van der Waals surface area contributed by atoms with E-state index in [4.69, 9.17) is 0 Å². The van der Waals surface area contributed by atoms with Crippen LogP contribution in [0.15, 0.2) is 36.4 Å². The van der Waals surface area contributed by atoms with Gasteiger partial charge in [0.05, 0.1) is 11.1 Å². The summed E-state index contributed by atoms with van der Waals surface area (Å²) in [6, 6.07) is 9.32. The molecule has 4 amide bonds. The van der Waals surface area contributed by atoms with E-state index in [2.05, 4.69) is 17.6 Å². The Morgan fingerprint density at radius 1 is 0.612 bits per heavy atom. The van der Waals surface area contributed by atoms with E-state index in [9.17, 15) is 19.2 Å². The largest absolute Gasteiger partial charge is 0.354 e. The van der Waals surface area contributed by atoms with Crippen molar-refractivity contribution in [2.75, 3.05) is 6.54 Å². The van der Waals surface area contributed by atoms with E-state index in [1.807, 2.05) is 52.0 Å². The molecule has 1 aliphatic heterocycles. The maximum atomic E-state index is 13.9. The maximum absolute atomic E-state index is 13.9. The number of imide groups is 1. The summed E-state index contributed by atoms with van der Waals surface area (Å²) in [5.41, 5.74) is 0.639. The second kappa shape index (κ2) is 21.8. The average molecular weight is 676 g/mol. The molecule has 1 aliphatic rings. The highest BCUT2D eigenvalue weighted by Crippen LogP contribution is 2.32. The van der Waals surface area contributed by atoms with Gasteiger partial charge in [-0.25, -0.2) is 0 Å². The predicted octanol–water partition coefficient (Wildman–Crippen LogP) is 9.76. The quantitative estimate of drug-likeness (QED) is 0.0809. The van der Waals surface area contributed by atoms with E-state index >= 15 is 0 Å². The fraction of sp³-hybridized carbons (Fsp3) is 0.667. The minimum absolute atomic E-state index is 0.111. The third-order valence-corrected chi connectivity index (χ3v) is 10.6. The molecule has 7 heteroatoms. The van der Waals surface area contributed by atoms with Crippen molar-refractivity contribution in [1.82, 2.24) is 15.5 Å². The molecule has 49 heavy (non-hydrogen) atoms. The SMILES string of the molecule is CCCCCCCCCCCCCCCCCCNC(=O)[C@@H](NC(=O)[C@H]([C@@H](C)CC)N1C(=O)c2cc3ccccc3cc2C1=O)[C@@H](C)CC. The lowest BCUT2D eigenvalue weighted by molar-refractivity contribution is -0.133. The number of carbonyl (C=O) groups is 4. The highest BCUT2D eigenvalue weighted by atomic mass is 16.2. The number of hydrogen-bond donors (Lipinski definition) is 2. The van der Waals surface area contributed by atoms with E-state index < -0.39 is 29.8 Å². The minimum Gasteiger partial charge on any atom is -0.354 e. The molecule has 2 N–H and O–H groups in total. The van der Waals surface area contributed by atoms with Crippen LogP contribution in [-0.2, 0) is 9.59 Å². The molecule has 0 fully saturated rings. The number of rotatable bonds is 25. The van der Waals surface area contributed by atoms with Crippen molar-refractivity contribution in [3.8, 4) is 0 Å². The molecule has 2 aromatic rings. The molecule has 0 aliphatic carbocycles. The van der Waals surface area contributed by atoms with Crippen molar-refractivity contribution < 1.29 is 19.2 Å². The maximum Gasteiger partial charge on any atom is 0.262 e. The number of hydrogen-bond acceptors (Lipinski definition) is 4. The van der Waals surface area contributed by atoms with Gasteiger partial charge in [-0.15, -0.1) is 0 Å². The van der Waals surface area contributed by atoms with Crippen molar-refractivity contribution in [2.24, 2.45) is 11.8 Å². The van der Waals surface area contributed by atoms with Crippen LogP contribution in [0.3, 0.4) is 0 Å². The van der Waals surface area contributed by atoms with Gasteiger partial charge in [-0.05, 0) is 41.2 Å². The smallest absolute Gasteiger partial charge is 0.262 e. The van der Waals surface area contributed by atoms with Crippen molar-refractivity contribution >= 4 is 34.4 Å². The lowest BCUT2D eigenvalue weighted by Crippen LogP contribution is -2.58. The number of fused-ring (bicyclic) bond motifs is 2. The fourth-order valence-electron chi connectivity index (χ4n) is 6.99. The molecule has 0 radical (unpaired) electrons. The van der Waals surface area contributed by atoms with Gasteiger partial charge in [0.15, 0.2) is 0 Å².